The molecule has 0 unspecified atom stereocenters. The number of likely N-dealkylation sites (N-methyl/N-ethyl adjacent to an activating group) is 1. The largest absolute Gasteiger partial charge is 0.354 e. The Hall–Kier alpha value is -2.48. The molecule has 1 aliphatic heterocycles. The average Bonchev–Trinajstić information content (AvgIpc) is 3.13. The maximum absolute atomic E-state index is 12.0. The van der Waals surface area contributed by atoms with E-state index in [1.54, 1.807) is 23.3 Å². The highest BCUT2D eigenvalue weighted by atomic mass is 32.1. The minimum absolute atomic E-state index is 0.0781. The van der Waals surface area contributed by atoms with Crippen molar-refractivity contribution in [3.05, 3.63) is 35.4 Å². The molecular formula is C15H16N6OS. The first-order valence-electron chi connectivity index (χ1n) is 7.41. The number of nitrogens with zero attached hydrogens (tertiary/aromatic N) is 5. The Morgan fingerprint density at radius 1 is 1.30 bits per heavy atom. The fourth-order valence-corrected chi connectivity index (χ4v) is 3.63. The summed E-state index contributed by atoms with van der Waals surface area (Å²) < 4.78 is 3.07. The molecule has 0 aliphatic carbocycles. The molecule has 2 aromatic heterocycles. The van der Waals surface area contributed by atoms with Gasteiger partial charge >= 0.3 is 0 Å². The Morgan fingerprint density at radius 2 is 2.17 bits per heavy atom. The Bertz CT molecular complexity index is 899. The SMILES string of the molecule is Cc1cccc2nc(NCc3nnc4n3CCN(C)C4=O)sc12. The van der Waals surface area contributed by atoms with Gasteiger partial charge in [0.25, 0.3) is 5.91 Å². The third-order valence-corrected chi connectivity index (χ3v) is 5.20. The summed E-state index contributed by atoms with van der Waals surface area (Å²) in [4.78, 5) is 18.3. The van der Waals surface area contributed by atoms with E-state index in [1.807, 2.05) is 16.7 Å². The van der Waals surface area contributed by atoms with E-state index in [2.05, 4.69) is 33.5 Å². The number of rotatable bonds is 3. The molecule has 4 rings (SSSR count). The Labute approximate surface area is 137 Å². The van der Waals surface area contributed by atoms with Crippen molar-refractivity contribution in [2.45, 2.75) is 20.0 Å². The molecule has 0 atom stereocenters. The van der Waals surface area contributed by atoms with Gasteiger partial charge in [0.15, 0.2) is 11.0 Å². The van der Waals surface area contributed by atoms with Crippen molar-refractivity contribution in [3.63, 3.8) is 0 Å². The van der Waals surface area contributed by atoms with Gasteiger partial charge in [-0.25, -0.2) is 4.98 Å². The number of fused-ring (bicyclic) bond motifs is 2. The number of nitrogens with one attached hydrogen (secondary N) is 1. The van der Waals surface area contributed by atoms with Crippen LogP contribution >= 0.6 is 11.3 Å². The standard InChI is InChI=1S/C15H16N6OS/c1-9-4-3-5-10-12(9)23-15(17-10)16-8-11-18-19-13-14(22)20(2)6-7-21(11)13/h3-5H,6-8H2,1-2H3,(H,16,17). The maximum Gasteiger partial charge on any atom is 0.291 e. The quantitative estimate of drug-likeness (QED) is 0.794. The molecule has 1 amide bonds. The van der Waals surface area contributed by atoms with E-state index >= 15 is 0 Å². The lowest BCUT2D eigenvalue weighted by Gasteiger charge is -2.23. The van der Waals surface area contributed by atoms with Crippen molar-refractivity contribution < 1.29 is 4.79 Å². The number of hydrogen-bond donors (Lipinski definition) is 1. The summed E-state index contributed by atoms with van der Waals surface area (Å²) in [5, 5.41) is 12.3. The zero-order valence-corrected chi connectivity index (χ0v) is 13.7. The van der Waals surface area contributed by atoms with Crippen molar-refractivity contribution in [2.75, 3.05) is 18.9 Å². The van der Waals surface area contributed by atoms with Crippen molar-refractivity contribution in [3.8, 4) is 0 Å². The molecule has 0 spiro atoms. The molecule has 0 saturated heterocycles. The second-order valence-electron chi connectivity index (χ2n) is 5.61. The van der Waals surface area contributed by atoms with Gasteiger partial charge in [0, 0.05) is 20.1 Å². The number of carbonyl (C=O) groups excluding carboxylic acids is 1. The molecule has 0 radical (unpaired) electrons. The van der Waals surface area contributed by atoms with Crippen molar-refractivity contribution in [1.29, 1.82) is 0 Å². The monoisotopic (exact) mass is 328 g/mol. The Kier molecular flexibility index (Phi) is 3.26. The first-order valence-corrected chi connectivity index (χ1v) is 8.22. The van der Waals surface area contributed by atoms with Crippen LogP contribution < -0.4 is 5.32 Å². The van der Waals surface area contributed by atoms with Crippen LogP contribution in [0.2, 0.25) is 0 Å². The lowest BCUT2D eigenvalue weighted by Crippen LogP contribution is -2.38. The molecule has 0 bridgehead atoms. The first kappa shape index (κ1) is 14.1. The van der Waals surface area contributed by atoms with E-state index in [0.29, 0.717) is 18.9 Å². The van der Waals surface area contributed by atoms with Gasteiger partial charge < -0.3 is 14.8 Å². The predicted octanol–water partition coefficient (Wildman–Crippen LogP) is 1.89. The van der Waals surface area contributed by atoms with Gasteiger partial charge in [-0.3, -0.25) is 4.79 Å². The lowest BCUT2D eigenvalue weighted by molar-refractivity contribution is 0.0740. The number of anilines is 1. The fourth-order valence-electron chi connectivity index (χ4n) is 2.70. The fraction of sp³-hybridized carbons (Fsp3) is 0.333. The van der Waals surface area contributed by atoms with Crippen molar-refractivity contribution >= 4 is 32.6 Å². The minimum Gasteiger partial charge on any atom is -0.354 e. The van der Waals surface area contributed by atoms with Crippen LogP contribution in [0.3, 0.4) is 0 Å². The van der Waals surface area contributed by atoms with Gasteiger partial charge in [-0.15, -0.1) is 10.2 Å². The number of thiazole rings is 1. The number of hydrogen-bond acceptors (Lipinski definition) is 6. The van der Waals surface area contributed by atoms with E-state index in [-0.39, 0.29) is 5.91 Å². The first-order chi connectivity index (χ1) is 11.1. The summed E-state index contributed by atoms with van der Waals surface area (Å²) in [5.74, 6) is 1.10. The normalized spacial score (nSPS) is 14.3. The van der Waals surface area contributed by atoms with Crippen LogP contribution in [0.15, 0.2) is 18.2 Å². The summed E-state index contributed by atoms with van der Waals surface area (Å²) in [6.45, 7) is 3.99. The molecule has 1 aliphatic rings. The number of aryl methyl sites for hydroxylation is 1. The predicted molar refractivity (Wildman–Crippen MR) is 88.7 cm³/mol. The molecule has 0 saturated carbocycles. The van der Waals surface area contributed by atoms with Crippen LogP contribution in [-0.4, -0.2) is 44.1 Å². The molecule has 3 aromatic rings. The molecule has 8 heteroatoms. The van der Waals surface area contributed by atoms with Crippen LogP contribution in [0, 0.1) is 6.92 Å². The molecule has 1 aromatic carbocycles. The van der Waals surface area contributed by atoms with Gasteiger partial charge in [0.05, 0.1) is 16.8 Å². The van der Waals surface area contributed by atoms with E-state index < -0.39 is 0 Å². The zero-order chi connectivity index (χ0) is 16.0. The molecule has 3 heterocycles. The van der Waals surface area contributed by atoms with E-state index in [4.69, 9.17) is 0 Å². The van der Waals surface area contributed by atoms with E-state index in [9.17, 15) is 4.79 Å². The highest BCUT2D eigenvalue weighted by Gasteiger charge is 2.26. The molecule has 7 nitrogen and oxygen atoms in total. The Balaban J connectivity index is 1.56. The summed E-state index contributed by atoms with van der Waals surface area (Å²) in [7, 11) is 1.78. The van der Waals surface area contributed by atoms with Crippen LogP contribution in [0.1, 0.15) is 22.0 Å². The average molecular weight is 328 g/mol. The van der Waals surface area contributed by atoms with Gasteiger partial charge in [-0.05, 0) is 18.6 Å². The third-order valence-electron chi connectivity index (χ3n) is 4.03. The third kappa shape index (κ3) is 2.35. The molecule has 118 valence electrons. The smallest absolute Gasteiger partial charge is 0.291 e. The summed E-state index contributed by atoms with van der Waals surface area (Å²) in [5.41, 5.74) is 2.22. The van der Waals surface area contributed by atoms with E-state index in [0.717, 1.165) is 23.0 Å². The number of amides is 1. The van der Waals surface area contributed by atoms with Gasteiger partial charge in [0.1, 0.15) is 0 Å². The maximum atomic E-state index is 12.0. The number of aromatic nitrogens is 4. The van der Waals surface area contributed by atoms with Crippen molar-refractivity contribution in [2.24, 2.45) is 0 Å². The second kappa shape index (κ2) is 5.31. The zero-order valence-electron chi connectivity index (χ0n) is 12.9. The van der Waals surface area contributed by atoms with Crippen LogP contribution in [0.5, 0.6) is 0 Å². The lowest BCUT2D eigenvalue weighted by atomic mass is 10.2. The molecule has 23 heavy (non-hydrogen) atoms. The second-order valence-corrected chi connectivity index (χ2v) is 6.61. The van der Waals surface area contributed by atoms with Crippen LogP contribution in [0.4, 0.5) is 5.13 Å². The summed E-state index contributed by atoms with van der Waals surface area (Å²) >= 11 is 1.63. The van der Waals surface area contributed by atoms with Crippen molar-refractivity contribution in [1.82, 2.24) is 24.6 Å². The topological polar surface area (TPSA) is 75.9 Å². The van der Waals surface area contributed by atoms with Gasteiger partial charge in [0.2, 0.25) is 5.82 Å². The van der Waals surface area contributed by atoms with Gasteiger partial charge in [-0.2, -0.15) is 0 Å². The highest BCUT2D eigenvalue weighted by Crippen LogP contribution is 2.28. The molecular weight excluding hydrogens is 312 g/mol. The van der Waals surface area contributed by atoms with Crippen LogP contribution in [0.25, 0.3) is 10.2 Å². The highest BCUT2D eigenvalue weighted by molar-refractivity contribution is 7.22. The molecule has 1 N–H and O–H groups in total. The number of carbonyl (C=O) groups is 1. The minimum atomic E-state index is -0.0781. The Morgan fingerprint density at radius 3 is 3.00 bits per heavy atom. The summed E-state index contributed by atoms with van der Waals surface area (Å²) in [6, 6.07) is 6.11. The molecule has 0 fully saturated rings. The van der Waals surface area contributed by atoms with Crippen LogP contribution in [-0.2, 0) is 13.1 Å². The number of benzene rings is 1. The van der Waals surface area contributed by atoms with E-state index in [1.165, 1.54) is 10.3 Å². The van der Waals surface area contributed by atoms with Gasteiger partial charge in [-0.1, -0.05) is 23.5 Å². The summed E-state index contributed by atoms with van der Waals surface area (Å²) in [6.07, 6.45) is 0.